The molecule has 4 nitrogen and oxygen atoms in total. The van der Waals surface area contributed by atoms with Crippen molar-refractivity contribution < 1.29 is 5.11 Å². The molecule has 112 valence electrons. The molecule has 0 aliphatic heterocycles. The second-order valence-electron chi connectivity index (χ2n) is 6.15. The first kappa shape index (κ1) is 15.6. The number of rotatable bonds is 4. The summed E-state index contributed by atoms with van der Waals surface area (Å²) in [6, 6.07) is 7.54. The van der Waals surface area contributed by atoms with E-state index in [1.165, 1.54) is 0 Å². The summed E-state index contributed by atoms with van der Waals surface area (Å²) in [6.45, 7) is 7.21. The molecule has 2 aromatic rings. The molecule has 1 aromatic heterocycles. The Labute approximate surface area is 130 Å². The van der Waals surface area contributed by atoms with E-state index in [2.05, 4.69) is 43.0 Å². The van der Waals surface area contributed by atoms with Crippen LogP contribution in [0, 0.1) is 11.3 Å². The van der Waals surface area contributed by atoms with Gasteiger partial charge in [-0.05, 0) is 23.1 Å². The third-order valence-electron chi connectivity index (χ3n) is 3.41. The topological polar surface area (TPSA) is 50.9 Å². The van der Waals surface area contributed by atoms with Gasteiger partial charge in [0.1, 0.15) is 6.33 Å². The number of aromatic nitrogens is 3. The van der Waals surface area contributed by atoms with Crippen LogP contribution < -0.4 is 0 Å². The number of aromatic hydroxyl groups is 1. The van der Waals surface area contributed by atoms with Crippen LogP contribution in [-0.4, -0.2) is 19.9 Å². The molecule has 0 radical (unpaired) electrons. The summed E-state index contributed by atoms with van der Waals surface area (Å²) < 4.78 is 1.66. The van der Waals surface area contributed by atoms with E-state index >= 15 is 0 Å². The summed E-state index contributed by atoms with van der Waals surface area (Å²) in [5.74, 6) is 0.259. The normalized spacial score (nSPS) is 13.7. The minimum absolute atomic E-state index is 0.0739. The third-order valence-corrected chi connectivity index (χ3v) is 3.66. The maximum atomic E-state index is 9.23. The maximum Gasteiger partial charge on any atom is 0.332 e. The lowest BCUT2D eigenvalue weighted by molar-refractivity contribution is 0.254. The lowest BCUT2D eigenvalue weighted by Gasteiger charge is -2.28. The molecule has 1 unspecified atom stereocenters. The van der Waals surface area contributed by atoms with Crippen LogP contribution in [0.2, 0.25) is 5.02 Å². The highest BCUT2D eigenvalue weighted by Crippen LogP contribution is 2.29. The van der Waals surface area contributed by atoms with Crippen LogP contribution in [0.25, 0.3) is 6.08 Å². The van der Waals surface area contributed by atoms with Gasteiger partial charge in [0.05, 0.1) is 0 Å². The fraction of sp³-hybridized carbons (Fsp3) is 0.375. The zero-order valence-corrected chi connectivity index (χ0v) is 13.2. The molecule has 0 bridgehead atoms. The van der Waals surface area contributed by atoms with Crippen molar-refractivity contribution in [2.75, 3.05) is 0 Å². The van der Waals surface area contributed by atoms with Gasteiger partial charge in [-0.3, -0.25) is 0 Å². The lowest BCUT2D eigenvalue weighted by atomic mass is 9.80. The molecule has 0 spiro atoms. The summed E-state index contributed by atoms with van der Waals surface area (Å²) in [7, 11) is 0. The van der Waals surface area contributed by atoms with Crippen molar-refractivity contribution in [1.29, 1.82) is 0 Å². The molecule has 5 heteroatoms. The quantitative estimate of drug-likeness (QED) is 0.928. The highest BCUT2D eigenvalue weighted by molar-refractivity contribution is 6.30. The number of halogens is 1. The molecule has 0 fully saturated rings. The van der Waals surface area contributed by atoms with Gasteiger partial charge in [0.2, 0.25) is 0 Å². The predicted octanol–water partition coefficient (Wildman–Crippen LogP) is 4.01. The molecular formula is C16H20ClN3O. The molecule has 0 saturated carbocycles. The second-order valence-corrected chi connectivity index (χ2v) is 6.59. The Morgan fingerprint density at radius 3 is 2.48 bits per heavy atom. The Balaban J connectivity index is 2.15. The summed E-state index contributed by atoms with van der Waals surface area (Å²) in [6.07, 6.45) is 5.80. The highest BCUT2D eigenvalue weighted by Gasteiger charge is 2.23. The molecule has 1 aromatic carbocycles. The van der Waals surface area contributed by atoms with Crippen molar-refractivity contribution in [3.63, 3.8) is 0 Å². The number of nitrogens with zero attached hydrogens (tertiary/aromatic N) is 3. The van der Waals surface area contributed by atoms with E-state index < -0.39 is 0 Å². The smallest absolute Gasteiger partial charge is 0.332 e. The Hall–Kier alpha value is -1.81. The molecule has 0 saturated heterocycles. The van der Waals surface area contributed by atoms with Crippen LogP contribution >= 0.6 is 11.6 Å². The standard InChI is InChI=1S/C16H20ClN3O/c1-16(2,3)13(10-20-11-18-15(21)19-20)7-4-12-5-8-14(17)9-6-12/h4-9,11,13H,10H2,1-3H3,(H,19,21). The molecule has 1 atom stereocenters. The zero-order chi connectivity index (χ0) is 15.5. The highest BCUT2D eigenvalue weighted by atomic mass is 35.5. The van der Waals surface area contributed by atoms with Gasteiger partial charge in [0.25, 0.3) is 0 Å². The van der Waals surface area contributed by atoms with Crippen molar-refractivity contribution in [1.82, 2.24) is 14.8 Å². The lowest BCUT2D eigenvalue weighted by Crippen LogP contribution is -2.23. The van der Waals surface area contributed by atoms with E-state index in [4.69, 9.17) is 11.6 Å². The van der Waals surface area contributed by atoms with E-state index in [0.29, 0.717) is 6.54 Å². The van der Waals surface area contributed by atoms with Gasteiger partial charge < -0.3 is 5.11 Å². The third kappa shape index (κ3) is 4.60. The van der Waals surface area contributed by atoms with Gasteiger partial charge in [-0.15, -0.1) is 5.10 Å². The Kier molecular flexibility index (Phi) is 4.68. The van der Waals surface area contributed by atoms with Gasteiger partial charge in [0.15, 0.2) is 0 Å². The Bertz CT molecular complexity index is 611. The van der Waals surface area contributed by atoms with Crippen molar-refractivity contribution in [2.24, 2.45) is 11.3 Å². The summed E-state index contributed by atoms with van der Waals surface area (Å²) >= 11 is 5.89. The van der Waals surface area contributed by atoms with E-state index in [0.717, 1.165) is 10.6 Å². The van der Waals surface area contributed by atoms with Crippen LogP contribution in [0.1, 0.15) is 26.3 Å². The number of hydrogen-bond donors (Lipinski definition) is 1. The molecule has 0 aliphatic carbocycles. The SMILES string of the molecule is CC(C)(C)C(C=Cc1ccc(Cl)cc1)Cn1cnc(O)n1. The fourth-order valence-corrected chi connectivity index (χ4v) is 2.12. The largest absolute Gasteiger partial charge is 0.478 e. The van der Waals surface area contributed by atoms with Gasteiger partial charge in [-0.2, -0.15) is 4.98 Å². The monoisotopic (exact) mass is 305 g/mol. The zero-order valence-electron chi connectivity index (χ0n) is 12.5. The van der Waals surface area contributed by atoms with Gasteiger partial charge in [-0.1, -0.05) is 56.7 Å². The van der Waals surface area contributed by atoms with Crippen molar-refractivity contribution >= 4 is 17.7 Å². The molecule has 1 heterocycles. The van der Waals surface area contributed by atoms with Crippen LogP contribution in [0.3, 0.4) is 0 Å². The van der Waals surface area contributed by atoms with Crippen LogP contribution in [0.15, 0.2) is 36.7 Å². The summed E-state index contributed by atoms with van der Waals surface area (Å²) in [5.41, 5.74) is 1.18. The minimum atomic E-state index is -0.190. The van der Waals surface area contributed by atoms with Crippen molar-refractivity contribution in [3.8, 4) is 6.01 Å². The molecule has 21 heavy (non-hydrogen) atoms. The molecule has 0 amide bonds. The van der Waals surface area contributed by atoms with Gasteiger partial charge in [-0.25, -0.2) is 4.68 Å². The van der Waals surface area contributed by atoms with E-state index in [1.54, 1.807) is 11.0 Å². The first-order valence-electron chi connectivity index (χ1n) is 6.87. The first-order valence-corrected chi connectivity index (χ1v) is 7.24. The van der Waals surface area contributed by atoms with Gasteiger partial charge in [0, 0.05) is 17.5 Å². The van der Waals surface area contributed by atoms with E-state index in [-0.39, 0.29) is 17.3 Å². The summed E-state index contributed by atoms with van der Waals surface area (Å²) in [4.78, 5) is 3.75. The molecular weight excluding hydrogens is 286 g/mol. The van der Waals surface area contributed by atoms with Gasteiger partial charge >= 0.3 is 6.01 Å². The average Bonchev–Trinajstić information content (AvgIpc) is 2.81. The predicted molar refractivity (Wildman–Crippen MR) is 85.1 cm³/mol. The van der Waals surface area contributed by atoms with Crippen LogP contribution in [0.4, 0.5) is 0 Å². The average molecular weight is 306 g/mol. The second kappa shape index (κ2) is 6.31. The van der Waals surface area contributed by atoms with E-state index in [1.807, 2.05) is 24.3 Å². The maximum absolute atomic E-state index is 9.23. The Morgan fingerprint density at radius 2 is 1.95 bits per heavy atom. The van der Waals surface area contributed by atoms with Crippen molar-refractivity contribution in [2.45, 2.75) is 27.3 Å². The number of benzene rings is 1. The van der Waals surface area contributed by atoms with Crippen LogP contribution in [0.5, 0.6) is 6.01 Å². The fourth-order valence-electron chi connectivity index (χ4n) is 2.00. The molecule has 0 aliphatic rings. The van der Waals surface area contributed by atoms with Crippen LogP contribution in [-0.2, 0) is 6.54 Å². The van der Waals surface area contributed by atoms with E-state index in [9.17, 15) is 5.11 Å². The Morgan fingerprint density at radius 1 is 1.29 bits per heavy atom. The molecule has 2 rings (SSSR count). The number of hydrogen-bond acceptors (Lipinski definition) is 3. The summed E-state index contributed by atoms with van der Waals surface area (Å²) in [5, 5.41) is 13.9. The minimum Gasteiger partial charge on any atom is -0.478 e. The van der Waals surface area contributed by atoms with Crippen molar-refractivity contribution in [3.05, 3.63) is 47.3 Å². The number of allylic oxidation sites excluding steroid dienone is 1. The molecule has 1 N–H and O–H groups in total. The first-order chi connectivity index (χ1) is 9.84.